The van der Waals surface area contributed by atoms with Crippen LogP contribution in [0.2, 0.25) is 0 Å². The molecule has 0 saturated carbocycles. The van der Waals surface area contributed by atoms with Crippen LogP contribution < -0.4 is 4.90 Å². The zero-order chi connectivity index (χ0) is 14.7. The lowest BCUT2D eigenvalue weighted by atomic mass is 10.2. The first kappa shape index (κ1) is 14.7. The van der Waals surface area contributed by atoms with E-state index in [1.807, 2.05) is 53.9 Å². The zero-order valence-corrected chi connectivity index (χ0v) is 13.3. The van der Waals surface area contributed by atoms with Crippen molar-refractivity contribution in [3.8, 4) is 5.69 Å². The first-order chi connectivity index (χ1) is 9.54. The van der Waals surface area contributed by atoms with Crippen LogP contribution in [0.25, 0.3) is 5.69 Å². The Kier molecular flexibility index (Phi) is 4.49. The van der Waals surface area contributed by atoms with Crippen molar-refractivity contribution in [2.24, 2.45) is 0 Å². The van der Waals surface area contributed by atoms with Gasteiger partial charge in [-0.15, -0.1) is 0 Å². The Balaban J connectivity index is 2.41. The van der Waals surface area contributed by atoms with Gasteiger partial charge in [0.2, 0.25) is 0 Å². The van der Waals surface area contributed by atoms with Gasteiger partial charge in [-0.05, 0) is 59.3 Å². The Morgan fingerprint density at radius 2 is 1.85 bits per heavy atom. The molecular formula is C15H17BrN2O2. The van der Waals surface area contributed by atoms with Crippen molar-refractivity contribution < 1.29 is 9.53 Å². The number of nitrogens with zero attached hydrogens (tertiary/aromatic N) is 2. The molecule has 0 radical (unpaired) electrons. The molecular weight excluding hydrogens is 320 g/mol. The minimum atomic E-state index is -0.324. The molecule has 2 aromatic rings. The van der Waals surface area contributed by atoms with Gasteiger partial charge in [0.05, 0.1) is 11.2 Å². The molecule has 0 fully saturated rings. The van der Waals surface area contributed by atoms with E-state index in [-0.39, 0.29) is 5.97 Å². The molecule has 4 nitrogen and oxygen atoms in total. The Morgan fingerprint density at radius 3 is 2.40 bits per heavy atom. The largest absolute Gasteiger partial charge is 0.461 e. The maximum absolute atomic E-state index is 12.0. The number of anilines is 1. The van der Waals surface area contributed by atoms with E-state index < -0.39 is 0 Å². The van der Waals surface area contributed by atoms with E-state index in [9.17, 15) is 4.79 Å². The van der Waals surface area contributed by atoms with Crippen molar-refractivity contribution in [3.05, 3.63) is 46.7 Å². The molecule has 20 heavy (non-hydrogen) atoms. The molecule has 0 saturated heterocycles. The van der Waals surface area contributed by atoms with Crippen LogP contribution in [-0.2, 0) is 4.74 Å². The van der Waals surface area contributed by atoms with Crippen LogP contribution in [0.5, 0.6) is 0 Å². The smallest absolute Gasteiger partial charge is 0.355 e. The van der Waals surface area contributed by atoms with Gasteiger partial charge in [-0.3, -0.25) is 4.57 Å². The number of aromatic nitrogens is 1. The maximum atomic E-state index is 12.0. The number of hydrogen-bond donors (Lipinski definition) is 0. The van der Waals surface area contributed by atoms with Crippen molar-refractivity contribution in [3.63, 3.8) is 0 Å². The van der Waals surface area contributed by atoms with Crippen molar-refractivity contribution >= 4 is 27.6 Å². The molecule has 1 aromatic carbocycles. The van der Waals surface area contributed by atoms with Crippen molar-refractivity contribution in [1.29, 1.82) is 0 Å². The lowest BCUT2D eigenvalue weighted by molar-refractivity contribution is 0.0517. The van der Waals surface area contributed by atoms with Gasteiger partial charge in [0.25, 0.3) is 0 Å². The van der Waals surface area contributed by atoms with E-state index in [1.54, 1.807) is 13.0 Å². The van der Waals surface area contributed by atoms with Gasteiger partial charge in [-0.2, -0.15) is 0 Å². The van der Waals surface area contributed by atoms with Gasteiger partial charge < -0.3 is 9.64 Å². The summed E-state index contributed by atoms with van der Waals surface area (Å²) in [7, 11) is 3.98. The SMILES string of the molecule is CCOC(=O)c1ccc(Br)n1-c1ccc(N(C)C)cc1. The highest BCUT2D eigenvalue weighted by Crippen LogP contribution is 2.24. The second-order valence-electron chi connectivity index (χ2n) is 4.51. The highest BCUT2D eigenvalue weighted by molar-refractivity contribution is 9.10. The lowest BCUT2D eigenvalue weighted by Crippen LogP contribution is -2.12. The van der Waals surface area contributed by atoms with E-state index in [4.69, 9.17) is 4.74 Å². The van der Waals surface area contributed by atoms with Gasteiger partial charge in [-0.25, -0.2) is 4.79 Å². The number of carbonyl (C=O) groups is 1. The Bertz CT molecular complexity index is 603. The Labute approximate surface area is 127 Å². The second-order valence-corrected chi connectivity index (χ2v) is 5.32. The maximum Gasteiger partial charge on any atom is 0.355 e. The fourth-order valence-corrected chi connectivity index (χ4v) is 2.47. The monoisotopic (exact) mass is 336 g/mol. The number of hydrogen-bond acceptors (Lipinski definition) is 3. The third-order valence-corrected chi connectivity index (χ3v) is 3.56. The summed E-state index contributed by atoms with van der Waals surface area (Å²) in [5.74, 6) is -0.324. The van der Waals surface area contributed by atoms with E-state index in [1.165, 1.54) is 0 Å². The topological polar surface area (TPSA) is 34.5 Å². The van der Waals surface area contributed by atoms with Crippen LogP contribution in [0.1, 0.15) is 17.4 Å². The van der Waals surface area contributed by atoms with Gasteiger partial charge >= 0.3 is 5.97 Å². The number of carbonyl (C=O) groups excluding carboxylic acids is 1. The van der Waals surface area contributed by atoms with Gasteiger partial charge in [0, 0.05) is 25.5 Å². The average Bonchev–Trinajstić information content (AvgIpc) is 2.81. The Hall–Kier alpha value is -1.75. The molecule has 0 bridgehead atoms. The molecule has 1 aromatic heterocycles. The predicted octanol–water partition coefficient (Wildman–Crippen LogP) is 3.48. The molecule has 0 unspecified atom stereocenters. The van der Waals surface area contributed by atoms with Crippen LogP contribution in [0, 0.1) is 0 Å². The minimum absolute atomic E-state index is 0.324. The highest BCUT2D eigenvalue weighted by Gasteiger charge is 2.16. The third-order valence-electron chi connectivity index (χ3n) is 2.94. The van der Waals surface area contributed by atoms with Crippen LogP contribution in [-0.4, -0.2) is 31.2 Å². The van der Waals surface area contributed by atoms with Gasteiger partial charge in [0.15, 0.2) is 0 Å². The first-order valence-corrected chi connectivity index (χ1v) is 7.16. The summed E-state index contributed by atoms with van der Waals surface area (Å²) in [6.45, 7) is 2.16. The van der Waals surface area contributed by atoms with E-state index in [2.05, 4.69) is 15.9 Å². The van der Waals surface area contributed by atoms with Crippen LogP contribution in [0.3, 0.4) is 0 Å². The Morgan fingerprint density at radius 1 is 1.20 bits per heavy atom. The predicted molar refractivity (Wildman–Crippen MR) is 83.8 cm³/mol. The molecule has 0 amide bonds. The zero-order valence-electron chi connectivity index (χ0n) is 11.8. The van der Waals surface area contributed by atoms with Gasteiger partial charge in [0.1, 0.15) is 5.69 Å². The number of benzene rings is 1. The molecule has 0 aliphatic heterocycles. The summed E-state index contributed by atoms with van der Waals surface area (Å²) < 4.78 is 7.73. The summed E-state index contributed by atoms with van der Waals surface area (Å²) in [4.78, 5) is 14.0. The minimum Gasteiger partial charge on any atom is -0.461 e. The second kappa shape index (κ2) is 6.13. The standard InChI is InChI=1S/C15H17BrN2O2/c1-4-20-15(19)13-9-10-14(16)18(13)12-7-5-11(6-8-12)17(2)3/h5-10H,4H2,1-3H3. The molecule has 1 heterocycles. The van der Waals surface area contributed by atoms with Crippen LogP contribution in [0.4, 0.5) is 5.69 Å². The van der Waals surface area contributed by atoms with Crippen molar-refractivity contribution in [2.75, 3.05) is 25.6 Å². The average molecular weight is 337 g/mol. The lowest BCUT2D eigenvalue weighted by Gasteiger charge is -2.14. The molecule has 5 heteroatoms. The molecule has 0 N–H and O–H groups in total. The molecule has 2 rings (SSSR count). The molecule has 0 spiro atoms. The summed E-state index contributed by atoms with van der Waals surface area (Å²) in [6, 6.07) is 11.6. The van der Waals surface area contributed by atoms with Crippen molar-refractivity contribution in [1.82, 2.24) is 4.57 Å². The van der Waals surface area contributed by atoms with Crippen LogP contribution in [0.15, 0.2) is 41.0 Å². The van der Waals surface area contributed by atoms with E-state index >= 15 is 0 Å². The normalized spacial score (nSPS) is 10.4. The van der Waals surface area contributed by atoms with E-state index in [0.29, 0.717) is 12.3 Å². The summed E-state index contributed by atoms with van der Waals surface area (Å²) in [5, 5.41) is 0. The molecule has 0 atom stereocenters. The fraction of sp³-hybridized carbons (Fsp3) is 0.267. The van der Waals surface area contributed by atoms with Crippen molar-refractivity contribution in [2.45, 2.75) is 6.92 Å². The quantitative estimate of drug-likeness (QED) is 0.801. The first-order valence-electron chi connectivity index (χ1n) is 6.36. The number of ether oxygens (including phenoxy) is 1. The summed E-state index contributed by atoms with van der Waals surface area (Å²) >= 11 is 3.47. The number of halogens is 1. The number of rotatable bonds is 4. The molecule has 0 aliphatic rings. The fourth-order valence-electron chi connectivity index (χ4n) is 1.94. The van der Waals surface area contributed by atoms with Crippen LogP contribution >= 0.6 is 15.9 Å². The highest BCUT2D eigenvalue weighted by atomic mass is 79.9. The molecule has 106 valence electrons. The third kappa shape index (κ3) is 2.88. The summed E-state index contributed by atoms with van der Waals surface area (Å²) in [6.07, 6.45) is 0. The van der Waals surface area contributed by atoms with E-state index in [0.717, 1.165) is 16.0 Å². The summed E-state index contributed by atoms with van der Waals surface area (Å²) in [5.41, 5.74) is 2.53. The van der Waals surface area contributed by atoms with Gasteiger partial charge in [-0.1, -0.05) is 0 Å². The molecule has 0 aliphatic carbocycles. The number of esters is 1.